The van der Waals surface area contributed by atoms with Gasteiger partial charge < -0.3 is 5.32 Å². The number of nitrogens with one attached hydrogen (secondary N) is 1. The Morgan fingerprint density at radius 1 is 1.10 bits per heavy atom. The highest BCUT2D eigenvalue weighted by Crippen LogP contribution is 2.16. The van der Waals surface area contributed by atoms with E-state index in [1.807, 2.05) is 0 Å². The van der Waals surface area contributed by atoms with Gasteiger partial charge in [0.1, 0.15) is 0 Å². The van der Waals surface area contributed by atoms with Crippen molar-refractivity contribution in [2.45, 2.75) is 6.92 Å². The highest BCUT2D eigenvalue weighted by atomic mass is 79.9. The van der Waals surface area contributed by atoms with Crippen molar-refractivity contribution in [1.82, 2.24) is 0 Å². The zero-order valence-electron chi connectivity index (χ0n) is 11.2. The predicted octanol–water partition coefficient (Wildman–Crippen LogP) is 4.93. The van der Waals surface area contributed by atoms with E-state index in [2.05, 4.69) is 21.2 Å². The van der Waals surface area contributed by atoms with Crippen molar-refractivity contribution < 1.29 is 13.6 Å². The molecule has 108 valence electrons. The SMILES string of the molecule is C/C(=C\C(=O)c1ccc(Br)cc1)Nc1ccc(F)c(F)c1. The second-order valence-electron chi connectivity index (χ2n) is 4.45. The third kappa shape index (κ3) is 4.23. The first-order valence-corrected chi connectivity index (χ1v) is 6.95. The van der Waals surface area contributed by atoms with Crippen LogP contribution in [0.15, 0.2) is 58.7 Å². The minimum absolute atomic E-state index is 0.171. The van der Waals surface area contributed by atoms with Crippen LogP contribution in [0.1, 0.15) is 17.3 Å². The Labute approximate surface area is 129 Å². The van der Waals surface area contributed by atoms with Crippen LogP contribution < -0.4 is 5.32 Å². The van der Waals surface area contributed by atoms with E-state index in [-0.39, 0.29) is 5.78 Å². The van der Waals surface area contributed by atoms with Crippen LogP contribution in [0.4, 0.5) is 14.5 Å². The zero-order valence-corrected chi connectivity index (χ0v) is 12.7. The number of rotatable bonds is 4. The van der Waals surface area contributed by atoms with Gasteiger partial charge in [-0.1, -0.05) is 15.9 Å². The topological polar surface area (TPSA) is 29.1 Å². The monoisotopic (exact) mass is 351 g/mol. The van der Waals surface area contributed by atoms with Gasteiger partial charge in [-0.3, -0.25) is 4.79 Å². The Morgan fingerprint density at radius 2 is 1.76 bits per heavy atom. The first kappa shape index (κ1) is 15.4. The Morgan fingerprint density at radius 3 is 2.38 bits per heavy atom. The molecule has 0 aliphatic rings. The largest absolute Gasteiger partial charge is 0.359 e. The molecule has 0 aromatic heterocycles. The number of anilines is 1. The number of carbonyl (C=O) groups is 1. The lowest BCUT2D eigenvalue weighted by atomic mass is 10.1. The lowest BCUT2D eigenvalue weighted by molar-refractivity contribution is 0.104. The second-order valence-corrected chi connectivity index (χ2v) is 5.37. The molecule has 2 aromatic rings. The molecule has 0 fully saturated rings. The molecule has 2 aromatic carbocycles. The number of allylic oxidation sites excluding steroid dienone is 2. The average Bonchev–Trinajstić information content (AvgIpc) is 2.43. The normalized spacial score (nSPS) is 11.3. The summed E-state index contributed by atoms with van der Waals surface area (Å²) in [5, 5.41) is 2.85. The van der Waals surface area contributed by atoms with Gasteiger partial charge in [-0.25, -0.2) is 8.78 Å². The summed E-state index contributed by atoms with van der Waals surface area (Å²) in [6, 6.07) is 10.4. The molecule has 2 rings (SSSR count). The molecule has 0 bridgehead atoms. The summed E-state index contributed by atoms with van der Waals surface area (Å²) in [5.74, 6) is -2.02. The first-order chi connectivity index (χ1) is 9.95. The number of hydrogen-bond acceptors (Lipinski definition) is 2. The second kappa shape index (κ2) is 6.63. The Bertz CT molecular complexity index is 696. The van der Waals surface area contributed by atoms with E-state index in [9.17, 15) is 13.6 Å². The molecule has 0 aliphatic carbocycles. The molecule has 0 saturated carbocycles. The number of hydrogen-bond donors (Lipinski definition) is 1. The fourth-order valence-corrected chi connectivity index (χ4v) is 2.00. The Hall–Kier alpha value is -2.01. The highest BCUT2D eigenvalue weighted by molar-refractivity contribution is 9.10. The number of benzene rings is 2. The summed E-state index contributed by atoms with van der Waals surface area (Å²) in [6.45, 7) is 1.68. The molecule has 5 heteroatoms. The highest BCUT2D eigenvalue weighted by Gasteiger charge is 2.05. The predicted molar refractivity (Wildman–Crippen MR) is 82.2 cm³/mol. The number of carbonyl (C=O) groups excluding carboxylic acids is 1. The van der Waals surface area contributed by atoms with Crippen LogP contribution in [0.2, 0.25) is 0 Å². The number of halogens is 3. The molecule has 0 atom stereocenters. The molecule has 21 heavy (non-hydrogen) atoms. The van der Waals surface area contributed by atoms with Gasteiger partial charge in [0.15, 0.2) is 17.4 Å². The van der Waals surface area contributed by atoms with Crippen LogP contribution in [-0.2, 0) is 0 Å². The van der Waals surface area contributed by atoms with E-state index in [1.165, 1.54) is 12.1 Å². The van der Waals surface area contributed by atoms with Crippen molar-refractivity contribution in [2.75, 3.05) is 5.32 Å². The molecule has 0 spiro atoms. The van der Waals surface area contributed by atoms with Crippen LogP contribution in [0.3, 0.4) is 0 Å². The fraction of sp³-hybridized carbons (Fsp3) is 0.0625. The standard InChI is InChI=1S/C16H12BrF2NO/c1-10(20-13-6-7-14(18)15(19)9-13)8-16(21)11-2-4-12(17)5-3-11/h2-9,20H,1H3/b10-8+. The molecule has 1 N–H and O–H groups in total. The third-order valence-corrected chi connectivity index (χ3v) is 3.27. The summed E-state index contributed by atoms with van der Waals surface area (Å²) < 4.78 is 26.8. The Kier molecular flexibility index (Phi) is 4.85. The van der Waals surface area contributed by atoms with E-state index in [0.717, 1.165) is 16.6 Å². The first-order valence-electron chi connectivity index (χ1n) is 6.16. The van der Waals surface area contributed by atoms with E-state index in [1.54, 1.807) is 31.2 Å². The molecule has 2 nitrogen and oxygen atoms in total. The lowest BCUT2D eigenvalue weighted by Crippen LogP contribution is -2.02. The van der Waals surface area contributed by atoms with E-state index >= 15 is 0 Å². The molecule has 0 heterocycles. The molecule has 0 aliphatic heterocycles. The molecule has 0 unspecified atom stereocenters. The van der Waals surface area contributed by atoms with Crippen molar-refractivity contribution in [2.24, 2.45) is 0 Å². The smallest absolute Gasteiger partial charge is 0.187 e. The van der Waals surface area contributed by atoms with Crippen LogP contribution in [0.5, 0.6) is 0 Å². The molecule has 0 amide bonds. The van der Waals surface area contributed by atoms with Gasteiger partial charge in [-0.2, -0.15) is 0 Å². The van der Waals surface area contributed by atoms with Crippen LogP contribution in [0.25, 0.3) is 0 Å². The van der Waals surface area contributed by atoms with Crippen molar-refractivity contribution >= 4 is 27.4 Å². The summed E-state index contributed by atoms with van der Waals surface area (Å²) >= 11 is 3.30. The van der Waals surface area contributed by atoms with Crippen LogP contribution in [-0.4, -0.2) is 5.78 Å². The number of ketones is 1. The van der Waals surface area contributed by atoms with E-state index in [0.29, 0.717) is 16.9 Å². The Balaban J connectivity index is 2.11. The van der Waals surface area contributed by atoms with Crippen LogP contribution >= 0.6 is 15.9 Å². The maximum atomic E-state index is 13.1. The molecule has 0 saturated heterocycles. The van der Waals surface area contributed by atoms with Gasteiger partial charge in [0.2, 0.25) is 0 Å². The fourth-order valence-electron chi connectivity index (χ4n) is 1.73. The summed E-state index contributed by atoms with van der Waals surface area (Å²) in [5.41, 5.74) is 1.46. The molecular weight excluding hydrogens is 340 g/mol. The third-order valence-electron chi connectivity index (χ3n) is 2.74. The van der Waals surface area contributed by atoms with Crippen molar-refractivity contribution in [3.8, 4) is 0 Å². The maximum Gasteiger partial charge on any atom is 0.187 e. The van der Waals surface area contributed by atoms with Crippen molar-refractivity contribution in [3.05, 3.63) is 75.9 Å². The maximum absolute atomic E-state index is 13.1. The minimum Gasteiger partial charge on any atom is -0.359 e. The van der Waals surface area contributed by atoms with E-state index < -0.39 is 11.6 Å². The van der Waals surface area contributed by atoms with Crippen molar-refractivity contribution in [1.29, 1.82) is 0 Å². The lowest BCUT2D eigenvalue weighted by Gasteiger charge is -2.07. The van der Waals surface area contributed by atoms with Gasteiger partial charge in [-0.05, 0) is 43.3 Å². The quantitative estimate of drug-likeness (QED) is 0.625. The molecule has 0 radical (unpaired) electrons. The van der Waals surface area contributed by atoms with E-state index in [4.69, 9.17) is 0 Å². The summed E-state index contributed by atoms with van der Waals surface area (Å²) in [6.07, 6.45) is 1.41. The molecular formula is C16H12BrF2NO. The van der Waals surface area contributed by atoms with Crippen LogP contribution in [0, 0.1) is 11.6 Å². The summed E-state index contributed by atoms with van der Waals surface area (Å²) in [7, 11) is 0. The van der Waals surface area contributed by atoms with Gasteiger partial charge in [-0.15, -0.1) is 0 Å². The van der Waals surface area contributed by atoms with Gasteiger partial charge in [0.25, 0.3) is 0 Å². The van der Waals surface area contributed by atoms with Gasteiger partial charge in [0.05, 0.1) is 0 Å². The van der Waals surface area contributed by atoms with Gasteiger partial charge >= 0.3 is 0 Å². The van der Waals surface area contributed by atoms with Gasteiger partial charge in [0, 0.05) is 33.6 Å². The average molecular weight is 352 g/mol. The van der Waals surface area contributed by atoms with Crippen molar-refractivity contribution in [3.63, 3.8) is 0 Å². The zero-order chi connectivity index (χ0) is 15.4. The minimum atomic E-state index is -0.938. The summed E-state index contributed by atoms with van der Waals surface area (Å²) in [4.78, 5) is 12.0.